The molecule has 0 bridgehead atoms. The zero-order chi connectivity index (χ0) is 11.8. The van der Waals surface area contributed by atoms with Gasteiger partial charge >= 0.3 is 6.18 Å². The van der Waals surface area contributed by atoms with Gasteiger partial charge in [0.25, 0.3) is 0 Å². The van der Waals surface area contributed by atoms with Crippen LogP contribution in [0, 0.1) is 0 Å². The lowest BCUT2D eigenvalue weighted by Crippen LogP contribution is -2.17. The van der Waals surface area contributed by atoms with Crippen LogP contribution in [0.2, 0.25) is 5.02 Å². The van der Waals surface area contributed by atoms with E-state index in [9.17, 15) is 13.2 Å². The predicted molar refractivity (Wildman–Crippen MR) is 54.4 cm³/mol. The number of nitrogens with zero attached hydrogens (tertiary/aromatic N) is 1. The van der Waals surface area contributed by atoms with Crippen LogP contribution in [0.5, 0.6) is 0 Å². The first-order valence-electron chi connectivity index (χ1n) is 4.75. The molecule has 1 saturated heterocycles. The number of hydrogen-bond acceptors (Lipinski definition) is 2. The van der Waals surface area contributed by atoms with Crippen LogP contribution in [0.25, 0.3) is 0 Å². The molecular weight excluding hydrogens is 243 g/mol. The largest absolute Gasteiger partial charge is 0.416 e. The minimum absolute atomic E-state index is 0.0559. The van der Waals surface area contributed by atoms with Crippen LogP contribution >= 0.6 is 11.6 Å². The van der Waals surface area contributed by atoms with Gasteiger partial charge in [0.2, 0.25) is 0 Å². The highest BCUT2D eigenvalue weighted by atomic mass is 35.5. The summed E-state index contributed by atoms with van der Waals surface area (Å²) < 4.78 is 37.6. The lowest BCUT2D eigenvalue weighted by atomic mass is 10.2. The van der Waals surface area contributed by atoms with Crippen molar-refractivity contribution >= 4 is 17.3 Å². The van der Waals surface area contributed by atoms with Gasteiger partial charge in [0.15, 0.2) is 0 Å². The van der Waals surface area contributed by atoms with E-state index >= 15 is 0 Å². The fraction of sp³-hybridized carbons (Fsp3) is 0.400. The van der Waals surface area contributed by atoms with E-state index in [-0.39, 0.29) is 5.02 Å². The normalized spacial score (nSPS) is 16.9. The van der Waals surface area contributed by atoms with Crippen LogP contribution in [0.15, 0.2) is 18.2 Å². The van der Waals surface area contributed by atoms with E-state index in [4.69, 9.17) is 16.4 Å². The first-order chi connectivity index (χ1) is 7.47. The number of hydroxylamine groups is 1. The fourth-order valence-corrected chi connectivity index (χ4v) is 1.76. The van der Waals surface area contributed by atoms with E-state index in [1.54, 1.807) is 0 Å². The van der Waals surface area contributed by atoms with Gasteiger partial charge in [-0.05, 0) is 24.6 Å². The first kappa shape index (κ1) is 11.5. The highest BCUT2D eigenvalue weighted by Gasteiger charge is 2.32. The molecule has 0 saturated carbocycles. The van der Waals surface area contributed by atoms with Crippen LogP contribution in [0.4, 0.5) is 18.9 Å². The molecule has 1 aromatic carbocycles. The van der Waals surface area contributed by atoms with Crippen LogP contribution in [-0.2, 0) is 11.0 Å². The lowest BCUT2D eigenvalue weighted by molar-refractivity contribution is -0.137. The van der Waals surface area contributed by atoms with Crippen molar-refractivity contribution in [2.24, 2.45) is 0 Å². The zero-order valence-corrected chi connectivity index (χ0v) is 8.98. The van der Waals surface area contributed by atoms with Crippen LogP contribution in [-0.4, -0.2) is 13.2 Å². The van der Waals surface area contributed by atoms with E-state index in [1.807, 2.05) is 0 Å². The second kappa shape index (κ2) is 4.14. The van der Waals surface area contributed by atoms with Crippen molar-refractivity contribution in [2.75, 3.05) is 18.2 Å². The maximum atomic E-state index is 12.5. The third-order valence-electron chi connectivity index (χ3n) is 2.25. The molecule has 6 heteroatoms. The van der Waals surface area contributed by atoms with Crippen molar-refractivity contribution in [3.63, 3.8) is 0 Å². The molecule has 0 aromatic heterocycles. The van der Waals surface area contributed by atoms with Gasteiger partial charge in [-0.1, -0.05) is 11.6 Å². The van der Waals surface area contributed by atoms with Crippen molar-refractivity contribution in [3.8, 4) is 0 Å². The molecule has 0 amide bonds. The number of benzene rings is 1. The monoisotopic (exact) mass is 251 g/mol. The summed E-state index contributed by atoms with van der Waals surface area (Å²) in [5, 5.41) is 1.49. The molecule has 1 heterocycles. The molecule has 2 nitrogen and oxygen atoms in total. The Bertz CT molecular complexity index is 388. The van der Waals surface area contributed by atoms with Gasteiger partial charge in [-0.15, -0.1) is 0 Å². The maximum absolute atomic E-state index is 12.5. The van der Waals surface area contributed by atoms with Gasteiger partial charge in [-0.2, -0.15) is 13.2 Å². The molecule has 0 unspecified atom stereocenters. The van der Waals surface area contributed by atoms with E-state index in [2.05, 4.69) is 0 Å². The topological polar surface area (TPSA) is 12.5 Å². The Labute approximate surface area is 95.5 Å². The summed E-state index contributed by atoms with van der Waals surface area (Å²) in [5.74, 6) is 0. The second-order valence-corrected chi connectivity index (χ2v) is 3.92. The predicted octanol–water partition coefficient (Wildman–Crippen LogP) is 3.50. The standard InChI is InChI=1S/C10H9ClF3NO/c11-8-4-7(10(12,13)14)5-9(6-8)15-2-1-3-16-15/h4-6H,1-3H2. The summed E-state index contributed by atoms with van der Waals surface area (Å²) in [5.41, 5.74) is -0.414. The Morgan fingerprint density at radius 2 is 2.00 bits per heavy atom. The second-order valence-electron chi connectivity index (χ2n) is 3.48. The van der Waals surface area contributed by atoms with Crippen molar-refractivity contribution < 1.29 is 18.0 Å². The third kappa shape index (κ3) is 2.41. The highest BCUT2D eigenvalue weighted by molar-refractivity contribution is 6.30. The Morgan fingerprint density at radius 3 is 2.56 bits per heavy atom. The Morgan fingerprint density at radius 1 is 1.25 bits per heavy atom. The van der Waals surface area contributed by atoms with Crippen LogP contribution in [0.1, 0.15) is 12.0 Å². The van der Waals surface area contributed by atoms with Crippen LogP contribution in [0.3, 0.4) is 0 Å². The average molecular weight is 252 g/mol. The summed E-state index contributed by atoms with van der Waals surface area (Å²) in [4.78, 5) is 5.17. The molecule has 1 aliphatic heterocycles. The molecule has 0 atom stereocenters. The van der Waals surface area contributed by atoms with Gasteiger partial charge in [-0.25, -0.2) is 0 Å². The zero-order valence-electron chi connectivity index (χ0n) is 8.22. The summed E-state index contributed by atoms with van der Waals surface area (Å²) in [6.07, 6.45) is -3.59. The van der Waals surface area contributed by atoms with Crippen molar-refractivity contribution in [3.05, 3.63) is 28.8 Å². The summed E-state index contributed by atoms with van der Waals surface area (Å²) in [7, 11) is 0. The maximum Gasteiger partial charge on any atom is 0.416 e. The van der Waals surface area contributed by atoms with Crippen molar-refractivity contribution in [2.45, 2.75) is 12.6 Å². The lowest BCUT2D eigenvalue weighted by Gasteiger charge is -2.18. The first-order valence-corrected chi connectivity index (χ1v) is 5.13. The molecule has 2 rings (SSSR count). The number of halogens is 4. The van der Waals surface area contributed by atoms with E-state index in [1.165, 1.54) is 11.1 Å². The van der Waals surface area contributed by atoms with Crippen molar-refractivity contribution in [1.29, 1.82) is 0 Å². The molecule has 0 N–H and O–H groups in total. The van der Waals surface area contributed by atoms with Gasteiger partial charge in [0.05, 0.1) is 17.9 Å². The minimum atomic E-state index is -4.39. The minimum Gasteiger partial charge on any atom is -0.273 e. The number of rotatable bonds is 1. The Kier molecular flexibility index (Phi) is 2.99. The molecule has 16 heavy (non-hydrogen) atoms. The average Bonchev–Trinajstić information content (AvgIpc) is 2.68. The SMILES string of the molecule is FC(F)(F)c1cc(Cl)cc(N2CCCO2)c1. The quantitative estimate of drug-likeness (QED) is 0.757. The van der Waals surface area contributed by atoms with Gasteiger partial charge < -0.3 is 0 Å². The number of hydrogen-bond donors (Lipinski definition) is 0. The molecule has 1 fully saturated rings. The number of alkyl halides is 3. The van der Waals surface area contributed by atoms with Crippen molar-refractivity contribution in [1.82, 2.24) is 0 Å². The third-order valence-corrected chi connectivity index (χ3v) is 2.47. The summed E-state index contributed by atoms with van der Waals surface area (Å²) >= 11 is 5.65. The Hall–Kier alpha value is -0.940. The molecule has 88 valence electrons. The molecule has 1 aromatic rings. The van der Waals surface area contributed by atoms with E-state index in [0.29, 0.717) is 18.8 Å². The molecule has 0 aliphatic carbocycles. The molecule has 0 spiro atoms. The Balaban J connectivity index is 2.35. The summed E-state index contributed by atoms with van der Waals surface area (Å²) in [6, 6.07) is 3.40. The fourth-order valence-electron chi connectivity index (χ4n) is 1.53. The molecular formula is C10H9ClF3NO. The molecule has 0 radical (unpaired) electrons. The summed E-state index contributed by atoms with van der Waals surface area (Å²) in [6.45, 7) is 1.10. The van der Waals surface area contributed by atoms with E-state index < -0.39 is 11.7 Å². The van der Waals surface area contributed by atoms with Gasteiger partial charge in [0, 0.05) is 11.6 Å². The molecule has 1 aliphatic rings. The van der Waals surface area contributed by atoms with Gasteiger partial charge in [-0.3, -0.25) is 9.90 Å². The van der Waals surface area contributed by atoms with Crippen LogP contribution < -0.4 is 5.06 Å². The highest BCUT2D eigenvalue weighted by Crippen LogP contribution is 2.34. The van der Waals surface area contributed by atoms with Gasteiger partial charge in [0.1, 0.15) is 0 Å². The smallest absolute Gasteiger partial charge is 0.273 e. The number of anilines is 1. The van der Waals surface area contributed by atoms with E-state index in [0.717, 1.165) is 18.6 Å².